The van der Waals surface area contributed by atoms with Gasteiger partial charge >= 0.3 is 6.09 Å². The van der Waals surface area contributed by atoms with E-state index in [4.69, 9.17) is 4.74 Å². The second-order valence-electron chi connectivity index (χ2n) is 6.39. The minimum atomic E-state index is -0.279. The van der Waals surface area contributed by atoms with Crippen molar-refractivity contribution in [2.45, 2.75) is 38.6 Å². The van der Waals surface area contributed by atoms with Gasteiger partial charge in [0.15, 0.2) is 0 Å². The number of carbonyl (C=O) groups is 2. The molecule has 0 spiro atoms. The largest absolute Gasteiger partial charge is 0.450 e. The molecule has 0 aliphatic carbocycles. The van der Waals surface area contributed by atoms with Crippen LogP contribution in [0.2, 0.25) is 0 Å². The number of piperidine rings is 1. The molecule has 2 aliphatic heterocycles. The molecular formula is C17H25N5O3. The maximum absolute atomic E-state index is 12.5. The third kappa shape index (κ3) is 4.37. The Bertz CT molecular complexity index is 610. The van der Waals surface area contributed by atoms with E-state index >= 15 is 0 Å². The highest BCUT2D eigenvalue weighted by atomic mass is 16.6. The molecule has 136 valence electrons. The van der Waals surface area contributed by atoms with Crippen LogP contribution >= 0.6 is 0 Å². The average Bonchev–Trinajstić information content (AvgIpc) is 3.17. The van der Waals surface area contributed by atoms with E-state index in [1.165, 1.54) is 6.33 Å². The number of hydrogen-bond donors (Lipinski definition) is 1. The lowest BCUT2D eigenvalue weighted by molar-refractivity contribution is 0.0856. The highest BCUT2D eigenvalue weighted by molar-refractivity contribution is 5.93. The highest BCUT2D eigenvalue weighted by Crippen LogP contribution is 2.18. The van der Waals surface area contributed by atoms with Crippen molar-refractivity contribution in [3.63, 3.8) is 0 Å². The minimum Gasteiger partial charge on any atom is -0.450 e. The third-order valence-electron chi connectivity index (χ3n) is 4.67. The smallest absolute Gasteiger partial charge is 0.409 e. The zero-order chi connectivity index (χ0) is 17.6. The van der Waals surface area contributed by atoms with Crippen LogP contribution in [0.4, 0.5) is 10.6 Å². The summed E-state index contributed by atoms with van der Waals surface area (Å²) in [5.41, 5.74) is 0.393. The van der Waals surface area contributed by atoms with Crippen molar-refractivity contribution in [1.29, 1.82) is 0 Å². The Morgan fingerprint density at radius 3 is 2.60 bits per heavy atom. The van der Waals surface area contributed by atoms with Crippen LogP contribution < -0.4 is 10.2 Å². The summed E-state index contributed by atoms with van der Waals surface area (Å²) < 4.78 is 5.01. The summed E-state index contributed by atoms with van der Waals surface area (Å²) in [5.74, 6) is 0.632. The Morgan fingerprint density at radius 1 is 1.20 bits per heavy atom. The van der Waals surface area contributed by atoms with Gasteiger partial charge < -0.3 is 19.9 Å². The quantitative estimate of drug-likeness (QED) is 0.886. The second-order valence-corrected chi connectivity index (χ2v) is 6.39. The van der Waals surface area contributed by atoms with E-state index in [1.54, 1.807) is 17.9 Å². The van der Waals surface area contributed by atoms with Gasteiger partial charge in [-0.2, -0.15) is 0 Å². The van der Waals surface area contributed by atoms with Gasteiger partial charge in [0.05, 0.1) is 6.61 Å². The molecule has 1 aromatic heterocycles. The summed E-state index contributed by atoms with van der Waals surface area (Å²) in [4.78, 5) is 36.4. The van der Waals surface area contributed by atoms with Gasteiger partial charge in [0.2, 0.25) is 0 Å². The number of hydrogen-bond acceptors (Lipinski definition) is 6. The van der Waals surface area contributed by atoms with E-state index in [0.29, 0.717) is 38.2 Å². The van der Waals surface area contributed by atoms with Crippen molar-refractivity contribution >= 4 is 17.8 Å². The molecule has 1 N–H and O–H groups in total. The topological polar surface area (TPSA) is 87.7 Å². The Balaban J connectivity index is 1.53. The molecule has 1 aromatic rings. The van der Waals surface area contributed by atoms with Crippen molar-refractivity contribution in [2.24, 2.45) is 0 Å². The molecule has 0 bridgehead atoms. The Morgan fingerprint density at radius 2 is 1.92 bits per heavy atom. The number of carbonyl (C=O) groups excluding carboxylic acids is 2. The lowest BCUT2D eigenvalue weighted by Gasteiger charge is -2.31. The number of nitrogens with one attached hydrogen (secondary N) is 1. The van der Waals surface area contributed by atoms with Crippen LogP contribution in [0.15, 0.2) is 12.4 Å². The molecule has 0 saturated carbocycles. The van der Waals surface area contributed by atoms with Gasteiger partial charge in [-0.3, -0.25) is 4.79 Å². The summed E-state index contributed by atoms with van der Waals surface area (Å²) in [6.07, 6.45) is 4.92. The van der Waals surface area contributed by atoms with Crippen molar-refractivity contribution in [2.75, 3.05) is 37.7 Å². The zero-order valence-electron chi connectivity index (χ0n) is 14.6. The molecule has 0 atom stereocenters. The van der Waals surface area contributed by atoms with Crippen LogP contribution in [-0.4, -0.2) is 65.7 Å². The van der Waals surface area contributed by atoms with E-state index in [2.05, 4.69) is 20.2 Å². The van der Waals surface area contributed by atoms with Crippen LogP contribution in [0.25, 0.3) is 0 Å². The average molecular weight is 347 g/mol. The standard InChI is InChI=1S/C17H25N5O3/c1-2-25-17(24)22-9-5-13(6-10-22)20-16(23)14-11-15(19-12-18-14)21-7-3-4-8-21/h11-13H,2-10H2,1H3,(H,20,23). The van der Waals surface area contributed by atoms with Crippen molar-refractivity contribution in [3.8, 4) is 0 Å². The van der Waals surface area contributed by atoms with Crippen LogP contribution in [0.1, 0.15) is 43.1 Å². The fourth-order valence-electron chi connectivity index (χ4n) is 3.27. The van der Waals surface area contributed by atoms with Crippen molar-refractivity contribution in [3.05, 3.63) is 18.1 Å². The molecule has 3 heterocycles. The first kappa shape index (κ1) is 17.4. The summed E-state index contributed by atoms with van der Waals surface area (Å²) in [5, 5.41) is 3.02. The van der Waals surface area contributed by atoms with Gasteiger partial charge in [-0.15, -0.1) is 0 Å². The number of likely N-dealkylation sites (tertiary alicyclic amines) is 1. The van der Waals surface area contributed by atoms with Crippen LogP contribution in [0, 0.1) is 0 Å². The third-order valence-corrected chi connectivity index (χ3v) is 4.67. The lowest BCUT2D eigenvalue weighted by atomic mass is 10.1. The fraction of sp³-hybridized carbons (Fsp3) is 0.647. The number of anilines is 1. The number of nitrogens with zero attached hydrogens (tertiary/aromatic N) is 4. The number of amides is 2. The molecule has 2 amide bonds. The summed E-state index contributed by atoms with van der Waals surface area (Å²) in [6, 6.07) is 1.80. The predicted octanol–water partition coefficient (Wildman–Crippen LogP) is 1.43. The first-order valence-electron chi connectivity index (χ1n) is 8.97. The van der Waals surface area contributed by atoms with E-state index in [0.717, 1.165) is 31.7 Å². The molecule has 2 fully saturated rings. The molecule has 8 nitrogen and oxygen atoms in total. The summed E-state index contributed by atoms with van der Waals surface area (Å²) in [7, 11) is 0. The van der Waals surface area contributed by atoms with Gasteiger partial charge in [0, 0.05) is 38.3 Å². The molecule has 2 saturated heterocycles. The Hall–Kier alpha value is -2.38. The molecule has 3 rings (SSSR count). The molecule has 0 radical (unpaired) electrons. The molecule has 0 unspecified atom stereocenters. The van der Waals surface area contributed by atoms with E-state index < -0.39 is 0 Å². The molecule has 2 aliphatic rings. The van der Waals surface area contributed by atoms with Crippen LogP contribution in [0.5, 0.6) is 0 Å². The first-order valence-corrected chi connectivity index (χ1v) is 8.97. The number of ether oxygens (including phenoxy) is 1. The summed E-state index contributed by atoms with van der Waals surface area (Å²) >= 11 is 0. The Labute approximate surface area is 147 Å². The van der Waals surface area contributed by atoms with E-state index in [9.17, 15) is 9.59 Å². The van der Waals surface area contributed by atoms with Gasteiger partial charge in [0.1, 0.15) is 17.8 Å². The number of rotatable bonds is 4. The predicted molar refractivity (Wildman–Crippen MR) is 92.6 cm³/mol. The van der Waals surface area contributed by atoms with Crippen LogP contribution in [-0.2, 0) is 4.74 Å². The first-order chi connectivity index (χ1) is 12.2. The fourth-order valence-corrected chi connectivity index (χ4v) is 3.27. The van der Waals surface area contributed by atoms with E-state index in [-0.39, 0.29) is 18.0 Å². The van der Waals surface area contributed by atoms with Crippen molar-refractivity contribution < 1.29 is 14.3 Å². The number of aromatic nitrogens is 2. The van der Waals surface area contributed by atoms with Gasteiger partial charge in [-0.05, 0) is 32.6 Å². The van der Waals surface area contributed by atoms with Gasteiger partial charge in [-0.1, -0.05) is 0 Å². The maximum atomic E-state index is 12.5. The van der Waals surface area contributed by atoms with E-state index in [1.807, 2.05) is 0 Å². The Kier molecular flexibility index (Phi) is 5.67. The molecule has 25 heavy (non-hydrogen) atoms. The lowest BCUT2D eigenvalue weighted by Crippen LogP contribution is -2.46. The van der Waals surface area contributed by atoms with Gasteiger partial charge in [0.25, 0.3) is 5.91 Å². The molecule has 0 aromatic carbocycles. The van der Waals surface area contributed by atoms with Crippen LogP contribution in [0.3, 0.4) is 0 Å². The maximum Gasteiger partial charge on any atom is 0.409 e. The monoisotopic (exact) mass is 347 g/mol. The minimum absolute atomic E-state index is 0.0448. The van der Waals surface area contributed by atoms with Crippen molar-refractivity contribution in [1.82, 2.24) is 20.2 Å². The molecular weight excluding hydrogens is 322 g/mol. The summed E-state index contributed by atoms with van der Waals surface area (Å²) in [6.45, 7) is 5.31. The highest BCUT2D eigenvalue weighted by Gasteiger charge is 2.25. The second kappa shape index (κ2) is 8.13. The van der Waals surface area contributed by atoms with Gasteiger partial charge in [-0.25, -0.2) is 14.8 Å². The SMILES string of the molecule is CCOC(=O)N1CCC(NC(=O)c2cc(N3CCCC3)ncn2)CC1. The zero-order valence-corrected chi connectivity index (χ0v) is 14.6. The normalized spacial score (nSPS) is 18.3. The molecule has 8 heteroatoms.